The first-order valence-electron chi connectivity index (χ1n) is 4.06. The Kier molecular flexibility index (Phi) is 3.59. The van der Waals surface area contributed by atoms with E-state index in [-0.39, 0.29) is 6.03 Å². The highest BCUT2D eigenvalue weighted by Crippen LogP contribution is 2.17. The lowest BCUT2D eigenvalue weighted by atomic mass is 9.93. The number of nitrogens with one attached hydrogen (secondary N) is 2. The van der Waals surface area contributed by atoms with Gasteiger partial charge in [-0.2, -0.15) is 0 Å². The molecule has 0 aromatic carbocycles. The summed E-state index contributed by atoms with van der Waals surface area (Å²) in [5.74, 6) is 0. The zero-order valence-corrected chi connectivity index (χ0v) is 8.49. The molecule has 0 spiro atoms. The fourth-order valence-electron chi connectivity index (χ4n) is 0.965. The number of hydrogen-bond acceptors (Lipinski definition) is 1. The quantitative estimate of drug-likeness (QED) is 0.765. The van der Waals surface area contributed by atoms with E-state index in [1.54, 1.807) is 0 Å². The second-order valence-corrected chi connectivity index (χ2v) is 4.09. The van der Waals surface area contributed by atoms with Gasteiger partial charge in [-0.1, -0.05) is 22.5 Å². The molecular weight excluding hydrogens is 220 g/mol. The van der Waals surface area contributed by atoms with Crippen molar-refractivity contribution >= 4 is 22.0 Å². The van der Waals surface area contributed by atoms with E-state index in [1.807, 2.05) is 0 Å². The van der Waals surface area contributed by atoms with E-state index in [0.29, 0.717) is 12.6 Å². The number of halogens is 1. The summed E-state index contributed by atoms with van der Waals surface area (Å²) in [6.07, 6.45) is 3.46. The molecule has 0 aromatic rings. The fraction of sp³-hybridized carbons (Fsp3) is 0.625. The van der Waals surface area contributed by atoms with Crippen LogP contribution in [0.2, 0.25) is 0 Å². The van der Waals surface area contributed by atoms with Crippen LogP contribution >= 0.6 is 15.9 Å². The SMILES string of the molecule is C=C(Br)CNC(=O)NC1CCC1. The monoisotopic (exact) mass is 232 g/mol. The first-order valence-corrected chi connectivity index (χ1v) is 4.85. The van der Waals surface area contributed by atoms with Gasteiger partial charge in [-0.15, -0.1) is 0 Å². The molecule has 1 rings (SSSR count). The maximum Gasteiger partial charge on any atom is 0.315 e. The van der Waals surface area contributed by atoms with Gasteiger partial charge in [0, 0.05) is 10.5 Å². The summed E-state index contributed by atoms with van der Waals surface area (Å²) >= 11 is 3.16. The Balaban J connectivity index is 2.06. The standard InChI is InChI=1S/C8H13BrN2O/c1-6(9)5-10-8(12)11-7-3-2-4-7/h7H,1-5H2,(H2,10,11,12). The number of carbonyl (C=O) groups excluding carboxylic acids is 1. The molecule has 0 saturated heterocycles. The normalized spacial score (nSPS) is 16.4. The summed E-state index contributed by atoms with van der Waals surface area (Å²) in [7, 11) is 0. The first kappa shape index (κ1) is 9.58. The summed E-state index contributed by atoms with van der Waals surface area (Å²) in [5, 5.41) is 5.54. The Morgan fingerprint density at radius 2 is 2.25 bits per heavy atom. The van der Waals surface area contributed by atoms with Crippen molar-refractivity contribution in [3.8, 4) is 0 Å². The molecule has 0 heterocycles. The van der Waals surface area contributed by atoms with Gasteiger partial charge in [0.2, 0.25) is 0 Å². The summed E-state index contributed by atoms with van der Waals surface area (Å²) in [6, 6.07) is 0.300. The van der Waals surface area contributed by atoms with Crippen LogP contribution in [0.25, 0.3) is 0 Å². The van der Waals surface area contributed by atoms with Crippen molar-refractivity contribution in [2.24, 2.45) is 0 Å². The van der Waals surface area contributed by atoms with Gasteiger partial charge in [-0.05, 0) is 19.3 Å². The third kappa shape index (κ3) is 3.26. The molecule has 0 unspecified atom stereocenters. The molecule has 1 fully saturated rings. The Bertz CT molecular complexity index is 189. The molecule has 68 valence electrons. The zero-order chi connectivity index (χ0) is 8.97. The van der Waals surface area contributed by atoms with Crippen molar-refractivity contribution in [3.63, 3.8) is 0 Å². The van der Waals surface area contributed by atoms with Gasteiger partial charge < -0.3 is 10.6 Å². The van der Waals surface area contributed by atoms with Crippen molar-refractivity contribution in [1.82, 2.24) is 10.6 Å². The van der Waals surface area contributed by atoms with Gasteiger partial charge >= 0.3 is 6.03 Å². The number of hydrogen-bond donors (Lipinski definition) is 2. The molecule has 2 N–H and O–H groups in total. The van der Waals surface area contributed by atoms with E-state index in [4.69, 9.17) is 0 Å². The zero-order valence-electron chi connectivity index (χ0n) is 6.90. The Labute approximate surface area is 80.7 Å². The summed E-state index contributed by atoms with van der Waals surface area (Å²) < 4.78 is 0.784. The number of rotatable bonds is 3. The summed E-state index contributed by atoms with van der Waals surface area (Å²) in [6.45, 7) is 4.10. The van der Waals surface area contributed by atoms with Crippen LogP contribution in [-0.4, -0.2) is 18.6 Å². The highest BCUT2D eigenvalue weighted by Gasteiger charge is 2.18. The van der Waals surface area contributed by atoms with Crippen molar-refractivity contribution in [3.05, 3.63) is 11.1 Å². The van der Waals surface area contributed by atoms with Crippen molar-refractivity contribution in [1.29, 1.82) is 0 Å². The van der Waals surface area contributed by atoms with Crippen LogP contribution < -0.4 is 10.6 Å². The molecule has 12 heavy (non-hydrogen) atoms. The van der Waals surface area contributed by atoms with Gasteiger partial charge in [0.15, 0.2) is 0 Å². The molecule has 0 radical (unpaired) electrons. The molecule has 1 aliphatic rings. The minimum absolute atomic E-state index is 0.0969. The van der Waals surface area contributed by atoms with Crippen LogP contribution in [0.5, 0.6) is 0 Å². The van der Waals surface area contributed by atoms with Gasteiger partial charge in [0.25, 0.3) is 0 Å². The van der Waals surface area contributed by atoms with E-state index in [9.17, 15) is 4.79 Å². The highest BCUT2D eigenvalue weighted by atomic mass is 79.9. The predicted molar refractivity (Wildman–Crippen MR) is 52.2 cm³/mol. The predicted octanol–water partition coefficient (Wildman–Crippen LogP) is 1.75. The van der Waals surface area contributed by atoms with Crippen molar-refractivity contribution in [2.45, 2.75) is 25.3 Å². The fourth-order valence-corrected chi connectivity index (χ4v) is 1.11. The molecule has 1 saturated carbocycles. The van der Waals surface area contributed by atoms with E-state index in [2.05, 4.69) is 33.1 Å². The van der Waals surface area contributed by atoms with Crippen LogP contribution in [0.1, 0.15) is 19.3 Å². The van der Waals surface area contributed by atoms with Crippen LogP contribution in [-0.2, 0) is 0 Å². The number of amides is 2. The van der Waals surface area contributed by atoms with Crippen molar-refractivity contribution in [2.75, 3.05) is 6.54 Å². The second-order valence-electron chi connectivity index (χ2n) is 2.97. The van der Waals surface area contributed by atoms with Crippen LogP contribution in [0, 0.1) is 0 Å². The Morgan fingerprint density at radius 1 is 1.58 bits per heavy atom. The Hall–Kier alpha value is -0.510. The molecule has 1 aliphatic carbocycles. The maximum absolute atomic E-state index is 11.1. The second kappa shape index (κ2) is 4.50. The molecule has 4 heteroatoms. The lowest BCUT2D eigenvalue weighted by Gasteiger charge is -2.26. The minimum Gasteiger partial charge on any atom is -0.335 e. The van der Waals surface area contributed by atoms with Gasteiger partial charge in [-0.25, -0.2) is 4.79 Å². The molecular formula is C8H13BrN2O. The molecule has 0 aliphatic heterocycles. The smallest absolute Gasteiger partial charge is 0.315 e. The van der Waals surface area contributed by atoms with Gasteiger partial charge in [-0.3, -0.25) is 0 Å². The molecule has 2 amide bonds. The summed E-state index contributed by atoms with van der Waals surface area (Å²) in [4.78, 5) is 11.1. The topological polar surface area (TPSA) is 41.1 Å². The molecule has 3 nitrogen and oxygen atoms in total. The van der Waals surface area contributed by atoms with E-state index >= 15 is 0 Å². The third-order valence-corrected chi connectivity index (χ3v) is 2.16. The average Bonchev–Trinajstić information content (AvgIpc) is 1.93. The van der Waals surface area contributed by atoms with E-state index < -0.39 is 0 Å². The molecule has 0 bridgehead atoms. The molecule has 0 aromatic heterocycles. The van der Waals surface area contributed by atoms with E-state index in [1.165, 1.54) is 6.42 Å². The van der Waals surface area contributed by atoms with Crippen LogP contribution in [0.3, 0.4) is 0 Å². The minimum atomic E-state index is -0.0969. The van der Waals surface area contributed by atoms with Gasteiger partial charge in [0.1, 0.15) is 0 Å². The number of urea groups is 1. The average molecular weight is 233 g/mol. The van der Waals surface area contributed by atoms with E-state index in [0.717, 1.165) is 17.3 Å². The lowest BCUT2D eigenvalue weighted by Crippen LogP contribution is -2.45. The largest absolute Gasteiger partial charge is 0.335 e. The Morgan fingerprint density at radius 3 is 2.67 bits per heavy atom. The first-order chi connectivity index (χ1) is 5.68. The molecule has 0 atom stereocenters. The maximum atomic E-state index is 11.1. The lowest BCUT2D eigenvalue weighted by molar-refractivity contribution is 0.229. The number of carbonyl (C=O) groups is 1. The van der Waals surface area contributed by atoms with Crippen LogP contribution in [0.15, 0.2) is 11.1 Å². The van der Waals surface area contributed by atoms with Crippen LogP contribution in [0.4, 0.5) is 4.79 Å². The van der Waals surface area contributed by atoms with Crippen molar-refractivity contribution < 1.29 is 4.79 Å². The highest BCUT2D eigenvalue weighted by molar-refractivity contribution is 9.11. The summed E-state index contributed by atoms with van der Waals surface area (Å²) in [5.41, 5.74) is 0. The third-order valence-electron chi connectivity index (χ3n) is 1.88. The van der Waals surface area contributed by atoms with Gasteiger partial charge in [0.05, 0.1) is 6.54 Å².